The van der Waals surface area contributed by atoms with E-state index in [1.54, 1.807) is 0 Å². The minimum Gasteiger partial charge on any atom is -0.481 e. The van der Waals surface area contributed by atoms with Gasteiger partial charge in [-0.25, -0.2) is 0 Å². The van der Waals surface area contributed by atoms with Crippen LogP contribution in [0.3, 0.4) is 0 Å². The monoisotopic (exact) mass is 350 g/mol. The SMILES string of the molecule is O=C(O)CBr.[Au+].[CH3-]. The van der Waals surface area contributed by atoms with E-state index in [0.29, 0.717) is 0 Å². The van der Waals surface area contributed by atoms with Crippen molar-refractivity contribution in [2.45, 2.75) is 0 Å². The first-order valence-corrected chi connectivity index (χ1v) is 2.17. The molecule has 1 N–H and O–H groups in total. The summed E-state index contributed by atoms with van der Waals surface area (Å²) < 4.78 is 0. The van der Waals surface area contributed by atoms with Gasteiger partial charge in [0.1, 0.15) is 5.33 Å². The molecular formula is C3H6AuBrO2. The Morgan fingerprint density at radius 2 is 1.86 bits per heavy atom. The molecule has 0 atom stereocenters. The van der Waals surface area contributed by atoms with E-state index in [2.05, 4.69) is 15.9 Å². The number of hydrogen-bond acceptors (Lipinski definition) is 1. The van der Waals surface area contributed by atoms with Gasteiger partial charge in [0.15, 0.2) is 0 Å². The summed E-state index contributed by atoms with van der Waals surface area (Å²) in [6.45, 7) is 0. The van der Waals surface area contributed by atoms with Crippen LogP contribution in [0.15, 0.2) is 0 Å². The molecule has 0 aliphatic carbocycles. The van der Waals surface area contributed by atoms with Crippen LogP contribution in [0.2, 0.25) is 0 Å². The molecule has 0 fully saturated rings. The molecule has 2 nitrogen and oxygen atoms in total. The van der Waals surface area contributed by atoms with Crippen molar-refractivity contribution >= 4 is 21.9 Å². The minimum absolute atomic E-state index is 0. The fraction of sp³-hybridized carbons (Fsp3) is 0.333. The predicted octanol–water partition coefficient (Wildman–Crippen LogP) is 0.914. The summed E-state index contributed by atoms with van der Waals surface area (Å²) in [5, 5.41) is 7.71. The molecule has 0 aromatic heterocycles. The summed E-state index contributed by atoms with van der Waals surface area (Å²) in [6.07, 6.45) is 0. The molecule has 0 aliphatic heterocycles. The van der Waals surface area contributed by atoms with Crippen LogP contribution in [-0.2, 0) is 27.2 Å². The van der Waals surface area contributed by atoms with E-state index in [1.165, 1.54) is 0 Å². The van der Waals surface area contributed by atoms with E-state index in [1.807, 2.05) is 0 Å². The summed E-state index contributed by atoms with van der Waals surface area (Å²) in [7, 11) is 0. The largest absolute Gasteiger partial charge is 1.00 e. The molecule has 0 amide bonds. The zero-order chi connectivity index (χ0) is 4.28. The molecule has 0 bridgehead atoms. The van der Waals surface area contributed by atoms with Crippen molar-refractivity contribution in [1.82, 2.24) is 0 Å². The van der Waals surface area contributed by atoms with Gasteiger partial charge in [0.2, 0.25) is 0 Å². The molecular weight excluding hydrogens is 345 g/mol. The Kier molecular flexibility index (Phi) is 22.0. The third-order valence-electron chi connectivity index (χ3n) is 0.114. The third-order valence-corrected chi connectivity index (χ3v) is 0.594. The van der Waals surface area contributed by atoms with Crippen LogP contribution >= 0.6 is 15.9 Å². The van der Waals surface area contributed by atoms with Gasteiger partial charge in [0, 0.05) is 0 Å². The van der Waals surface area contributed by atoms with Gasteiger partial charge in [-0.15, -0.1) is 0 Å². The minimum atomic E-state index is -0.829. The molecule has 0 aromatic rings. The standard InChI is InChI=1S/C2H3BrO2.CH3.Au/c3-1-2(4)5;;/h1H2,(H,4,5);1H3;/q;-1;+1. The van der Waals surface area contributed by atoms with E-state index >= 15 is 0 Å². The number of carboxylic acid groups (broad SMARTS) is 1. The van der Waals surface area contributed by atoms with Crippen LogP contribution in [0.5, 0.6) is 0 Å². The van der Waals surface area contributed by atoms with Crippen LogP contribution in [-0.4, -0.2) is 16.4 Å². The normalized spacial score (nSPS) is 5.29. The predicted molar refractivity (Wildman–Crippen MR) is 27.8 cm³/mol. The van der Waals surface area contributed by atoms with Crippen molar-refractivity contribution < 1.29 is 32.3 Å². The van der Waals surface area contributed by atoms with Crippen molar-refractivity contribution in [3.63, 3.8) is 0 Å². The number of carboxylic acids is 1. The van der Waals surface area contributed by atoms with Gasteiger partial charge in [-0.2, -0.15) is 0 Å². The maximum atomic E-state index is 9.32. The smallest absolute Gasteiger partial charge is 0.481 e. The van der Waals surface area contributed by atoms with Gasteiger partial charge >= 0.3 is 28.3 Å². The Morgan fingerprint density at radius 3 is 1.86 bits per heavy atom. The van der Waals surface area contributed by atoms with E-state index in [9.17, 15) is 4.79 Å². The number of carbonyl (C=O) groups is 1. The Morgan fingerprint density at radius 1 is 1.71 bits per heavy atom. The quantitative estimate of drug-likeness (QED) is 0.433. The molecule has 0 heterocycles. The van der Waals surface area contributed by atoms with E-state index in [0.717, 1.165) is 0 Å². The van der Waals surface area contributed by atoms with Crippen LogP contribution in [0.1, 0.15) is 0 Å². The Balaban J connectivity index is -0.0000000800. The number of hydrogen-bond donors (Lipinski definition) is 1. The molecule has 0 aliphatic rings. The van der Waals surface area contributed by atoms with Crippen molar-refractivity contribution in [3.05, 3.63) is 7.43 Å². The third kappa shape index (κ3) is 20.3. The number of rotatable bonds is 1. The average Bonchev–Trinajstić information content (AvgIpc) is 1.38. The number of aliphatic carboxylic acids is 1. The topological polar surface area (TPSA) is 37.3 Å². The summed E-state index contributed by atoms with van der Waals surface area (Å²) >= 11 is 2.71. The Labute approximate surface area is 66.9 Å². The molecule has 0 unspecified atom stereocenters. The first kappa shape index (κ1) is 15.6. The van der Waals surface area contributed by atoms with Gasteiger partial charge in [-0.1, -0.05) is 15.9 Å². The maximum absolute atomic E-state index is 9.32. The fourth-order valence-electron chi connectivity index (χ4n) is 0. The maximum Gasteiger partial charge on any atom is 1.00 e. The van der Waals surface area contributed by atoms with Gasteiger partial charge in [-0.3, -0.25) is 4.79 Å². The summed E-state index contributed by atoms with van der Waals surface area (Å²) in [6, 6.07) is 0. The molecule has 0 saturated carbocycles. The van der Waals surface area contributed by atoms with Gasteiger partial charge < -0.3 is 12.5 Å². The molecule has 48 valence electrons. The summed E-state index contributed by atoms with van der Waals surface area (Å²) in [4.78, 5) is 9.32. The van der Waals surface area contributed by atoms with Crippen LogP contribution in [0.25, 0.3) is 0 Å². The molecule has 0 aromatic carbocycles. The zero-order valence-corrected chi connectivity index (χ0v) is 7.49. The summed E-state index contributed by atoms with van der Waals surface area (Å²) in [5.41, 5.74) is 0. The Bertz CT molecular complexity index is 48.2. The molecule has 0 radical (unpaired) electrons. The second-order valence-corrected chi connectivity index (χ2v) is 1.09. The van der Waals surface area contributed by atoms with Crippen molar-refractivity contribution in [3.8, 4) is 0 Å². The molecule has 0 rings (SSSR count). The number of halogens is 1. The average molecular weight is 351 g/mol. The van der Waals surface area contributed by atoms with Gasteiger partial charge in [0.25, 0.3) is 0 Å². The van der Waals surface area contributed by atoms with Gasteiger partial charge in [-0.05, 0) is 0 Å². The second kappa shape index (κ2) is 9.85. The first-order valence-electron chi connectivity index (χ1n) is 1.05. The molecule has 0 spiro atoms. The van der Waals surface area contributed by atoms with Crippen molar-refractivity contribution in [2.75, 3.05) is 5.33 Å². The zero-order valence-electron chi connectivity index (χ0n) is 3.74. The first-order chi connectivity index (χ1) is 2.27. The van der Waals surface area contributed by atoms with Crippen LogP contribution < -0.4 is 0 Å². The van der Waals surface area contributed by atoms with Crippen LogP contribution in [0.4, 0.5) is 0 Å². The van der Waals surface area contributed by atoms with Gasteiger partial charge in [0.05, 0.1) is 0 Å². The molecule has 0 saturated heterocycles. The summed E-state index contributed by atoms with van der Waals surface area (Å²) in [5.74, 6) is -0.829. The van der Waals surface area contributed by atoms with E-state index < -0.39 is 5.97 Å². The second-order valence-electron chi connectivity index (χ2n) is 0.527. The van der Waals surface area contributed by atoms with E-state index in [4.69, 9.17) is 5.11 Å². The van der Waals surface area contributed by atoms with Crippen molar-refractivity contribution in [2.24, 2.45) is 0 Å². The van der Waals surface area contributed by atoms with Crippen molar-refractivity contribution in [1.29, 1.82) is 0 Å². The molecule has 4 heteroatoms. The number of alkyl halides is 1. The molecule has 7 heavy (non-hydrogen) atoms. The van der Waals surface area contributed by atoms with Crippen LogP contribution in [0, 0.1) is 7.43 Å². The Hall–Kier alpha value is 0.690. The van der Waals surface area contributed by atoms with E-state index in [-0.39, 0.29) is 35.1 Å². The fourth-order valence-corrected chi connectivity index (χ4v) is 0.